The Morgan fingerprint density at radius 2 is 1.95 bits per heavy atom. The van der Waals surface area contributed by atoms with E-state index in [0.717, 1.165) is 31.2 Å². The smallest absolute Gasteiger partial charge is 0.339 e. The first-order valence-electron chi connectivity index (χ1n) is 7.00. The van der Waals surface area contributed by atoms with Gasteiger partial charge >= 0.3 is 5.97 Å². The number of ketones is 1. The molecule has 2 rings (SSSR count). The molecule has 20 heavy (non-hydrogen) atoms. The van der Waals surface area contributed by atoms with Gasteiger partial charge in [0.05, 0.1) is 5.56 Å². The molecule has 1 aromatic carbocycles. The Kier molecular flexibility index (Phi) is 4.38. The molecule has 1 aromatic rings. The highest BCUT2D eigenvalue weighted by Crippen LogP contribution is 2.37. The highest BCUT2D eigenvalue weighted by Gasteiger charge is 2.39. The average Bonchev–Trinajstić information content (AvgIpc) is 2.85. The molecule has 3 heteroatoms. The van der Waals surface area contributed by atoms with Crippen molar-refractivity contribution in [1.29, 1.82) is 0 Å². The fourth-order valence-corrected chi connectivity index (χ4v) is 2.90. The molecule has 3 nitrogen and oxygen atoms in total. The van der Waals surface area contributed by atoms with Crippen molar-refractivity contribution >= 4 is 17.8 Å². The zero-order chi connectivity index (χ0) is 14.6. The van der Waals surface area contributed by atoms with Crippen molar-refractivity contribution in [3.8, 4) is 0 Å². The van der Waals surface area contributed by atoms with Crippen LogP contribution in [0.25, 0.3) is 6.08 Å². The Morgan fingerprint density at radius 1 is 1.30 bits per heavy atom. The maximum absolute atomic E-state index is 12.4. The zero-order valence-electron chi connectivity index (χ0n) is 11.9. The van der Waals surface area contributed by atoms with Crippen LogP contribution in [0.3, 0.4) is 0 Å². The zero-order valence-corrected chi connectivity index (χ0v) is 11.9. The van der Waals surface area contributed by atoms with Crippen LogP contribution in [-0.2, 0) is 9.53 Å². The standard InChI is InChI=1S/C17H20O3/c1-3-14-8-4-5-9-15(14)16(19)20-17(12-13(2)18)10-6-7-11-17/h3-5,8-9H,1,6-7,10-12H2,2H3. The number of rotatable bonds is 5. The summed E-state index contributed by atoms with van der Waals surface area (Å²) >= 11 is 0. The van der Waals surface area contributed by atoms with Crippen LogP contribution in [0, 0.1) is 0 Å². The maximum atomic E-state index is 12.4. The summed E-state index contributed by atoms with van der Waals surface area (Å²) in [7, 11) is 0. The monoisotopic (exact) mass is 272 g/mol. The minimum absolute atomic E-state index is 0.0664. The summed E-state index contributed by atoms with van der Waals surface area (Å²) in [5.41, 5.74) is 0.669. The Morgan fingerprint density at radius 3 is 2.55 bits per heavy atom. The van der Waals surface area contributed by atoms with Gasteiger partial charge in [-0.15, -0.1) is 0 Å². The highest BCUT2D eigenvalue weighted by atomic mass is 16.6. The summed E-state index contributed by atoms with van der Waals surface area (Å²) in [5.74, 6) is -0.291. The molecule has 0 aliphatic heterocycles. The minimum atomic E-state index is -0.600. The third-order valence-corrected chi connectivity index (χ3v) is 3.80. The maximum Gasteiger partial charge on any atom is 0.339 e. The summed E-state index contributed by atoms with van der Waals surface area (Å²) in [4.78, 5) is 23.8. The first-order chi connectivity index (χ1) is 9.56. The second-order valence-electron chi connectivity index (χ2n) is 5.45. The number of carbonyl (C=O) groups is 2. The Labute approximate surface area is 119 Å². The molecule has 0 bridgehead atoms. The number of carbonyl (C=O) groups excluding carboxylic acids is 2. The molecular weight excluding hydrogens is 252 g/mol. The lowest BCUT2D eigenvalue weighted by atomic mass is 9.95. The van der Waals surface area contributed by atoms with Gasteiger partial charge in [-0.2, -0.15) is 0 Å². The van der Waals surface area contributed by atoms with Crippen molar-refractivity contribution in [2.24, 2.45) is 0 Å². The van der Waals surface area contributed by atoms with E-state index in [2.05, 4.69) is 6.58 Å². The molecule has 0 unspecified atom stereocenters. The van der Waals surface area contributed by atoms with E-state index >= 15 is 0 Å². The lowest BCUT2D eigenvalue weighted by molar-refractivity contribution is -0.122. The lowest BCUT2D eigenvalue weighted by Crippen LogP contribution is -2.34. The molecule has 0 saturated heterocycles. The van der Waals surface area contributed by atoms with Crippen molar-refractivity contribution in [2.75, 3.05) is 0 Å². The molecule has 0 spiro atoms. The molecule has 0 radical (unpaired) electrons. The first-order valence-corrected chi connectivity index (χ1v) is 7.00. The van der Waals surface area contributed by atoms with Crippen LogP contribution in [0.5, 0.6) is 0 Å². The molecule has 0 aromatic heterocycles. The second kappa shape index (κ2) is 6.04. The molecule has 0 amide bonds. The van der Waals surface area contributed by atoms with E-state index in [1.54, 1.807) is 25.1 Å². The highest BCUT2D eigenvalue weighted by molar-refractivity contribution is 5.94. The molecule has 1 aliphatic carbocycles. The van der Waals surface area contributed by atoms with Crippen LogP contribution >= 0.6 is 0 Å². The molecule has 0 N–H and O–H groups in total. The normalized spacial score (nSPS) is 16.6. The van der Waals surface area contributed by atoms with Crippen molar-refractivity contribution in [1.82, 2.24) is 0 Å². The van der Waals surface area contributed by atoms with E-state index < -0.39 is 5.60 Å². The Bertz CT molecular complexity index is 525. The Hall–Kier alpha value is -1.90. The van der Waals surface area contributed by atoms with Crippen molar-refractivity contribution in [2.45, 2.75) is 44.6 Å². The van der Waals surface area contributed by atoms with Crippen LogP contribution in [0.2, 0.25) is 0 Å². The molecule has 1 saturated carbocycles. The second-order valence-corrected chi connectivity index (χ2v) is 5.45. The summed E-state index contributed by atoms with van der Waals surface area (Å²) in [6.45, 7) is 5.26. The molecular formula is C17H20O3. The largest absolute Gasteiger partial charge is 0.455 e. The predicted octanol–water partition coefficient (Wildman–Crippen LogP) is 3.78. The number of hydrogen-bond acceptors (Lipinski definition) is 3. The van der Waals surface area contributed by atoms with Gasteiger partial charge in [-0.1, -0.05) is 30.9 Å². The molecule has 0 atom stereocenters. The summed E-state index contributed by atoms with van der Waals surface area (Å²) in [6, 6.07) is 7.22. The minimum Gasteiger partial charge on any atom is -0.455 e. The fraction of sp³-hybridized carbons (Fsp3) is 0.412. The van der Waals surface area contributed by atoms with E-state index in [-0.39, 0.29) is 11.8 Å². The van der Waals surface area contributed by atoms with Crippen LogP contribution < -0.4 is 0 Å². The lowest BCUT2D eigenvalue weighted by Gasteiger charge is -2.28. The topological polar surface area (TPSA) is 43.4 Å². The van der Waals surface area contributed by atoms with Crippen LogP contribution in [0.15, 0.2) is 30.8 Å². The SMILES string of the molecule is C=Cc1ccccc1C(=O)OC1(CC(C)=O)CCCC1. The third-order valence-electron chi connectivity index (χ3n) is 3.80. The van der Waals surface area contributed by atoms with Gasteiger partial charge in [-0.25, -0.2) is 4.79 Å². The van der Waals surface area contributed by atoms with Crippen LogP contribution in [0.4, 0.5) is 0 Å². The van der Waals surface area contributed by atoms with E-state index in [4.69, 9.17) is 4.74 Å². The number of hydrogen-bond donors (Lipinski definition) is 0. The molecule has 106 valence electrons. The van der Waals surface area contributed by atoms with E-state index in [1.807, 2.05) is 12.1 Å². The number of benzene rings is 1. The van der Waals surface area contributed by atoms with Crippen molar-refractivity contribution in [3.63, 3.8) is 0 Å². The summed E-state index contributed by atoms with van der Waals surface area (Å²) < 4.78 is 5.73. The molecule has 0 heterocycles. The van der Waals surface area contributed by atoms with Crippen molar-refractivity contribution < 1.29 is 14.3 Å². The van der Waals surface area contributed by atoms with Crippen LogP contribution in [0.1, 0.15) is 54.9 Å². The molecule has 1 fully saturated rings. The quantitative estimate of drug-likeness (QED) is 0.766. The van der Waals surface area contributed by atoms with E-state index in [9.17, 15) is 9.59 Å². The molecule has 1 aliphatic rings. The van der Waals surface area contributed by atoms with Gasteiger partial charge in [0.2, 0.25) is 0 Å². The summed E-state index contributed by atoms with van der Waals surface area (Å²) in [5, 5.41) is 0. The van der Waals surface area contributed by atoms with E-state index in [0.29, 0.717) is 12.0 Å². The van der Waals surface area contributed by atoms with Gasteiger partial charge < -0.3 is 4.74 Å². The third kappa shape index (κ3) is 3.16. The van der Waals surface area contributed by atoms with Gasteiger partial charge in [0.1, 0.15) is 11.4 Å². The van der Waals surface area contributed by atoms with Gasteiger partial charge in [-0.05, 0) is 44.2 Å². The fourth-order valence-electron chi connectivity index (χ4n) is 2.90. The van der Waals surface area contributed by atoms with E-state index in [1.165, 1.54) is 0 Å². The number of Topliss-reactive ketones (excluding diaryl/α,β-unsaturated/α-hetero) is 1. The summed E-state index contributed by atoms with van der Waals surface area (Å²) in [6.07, 6.45) is 5.51. The average molecular weight is 272 g/mol. The van der Waals surface area contributed by atoms with Gasteiger partial charge in [0.25, 0.3) is 0 Å². The Balaban J connectivity index is 2.20. The number of ether oxygens (including phenoxy) is 1. The van der Waals surface area contributed by atoms with Gasteiger partial charge in [0.15, 0.2) is 0 Å². The van der Waals surface area contributed by atoms with Crippen LogP contribution in [-0.4, -0.2) is 17.4 Å². The number of esters is 1. The van der Waals surface area contributed by atoms with Gasteiger partial charge in [-0.3, -0.25) is 4.79 Å². The predicted molar refractivity (Wildman–Crippen MR) is 78.4 cm³/mol. The first kappa shape index (κ1) is 14.5. The van der Waals surface area contributed by atoms with Gasteiger partial charge in [0, 0.05) is 6.42 Å². The van der Waals surface area contributed by atoms with Crippen molar-refractivity contribution in [3.05, 3.63) is 42.0 Å².